The van der Waals surface area contributed by atoms with E-state index in [1.807, 2.05) is 18.2 Å². The normalized spacial score (nSPS) is 14.4. The quantitative estimate of drug-likeness (QED) is 0.804. The van der Waals surface area contributed by atoms with Gasteiger partial charge in [-0.25, -0.2) is 4.98 Å². The summed E-state index contributed by atoms with van der Waals surface area (Å²) < 4.78 is 3.42. The van der Waals surface area contributed by atoms with Gasteiger partial charge in [0.15, 0.2) is 0 Å². The lowest BCUT2D eigenvalue weighted by Crippen LogP contribution is -2.14. The monoisotopic (exact) mass is 285 g/mol. The number of thiazole rings is 1. The zero-order chi connectivity index (χ0) is 13.4. The maximum atomic E-state index is 4.62. The van der Waals surface area contributed by atoms with E-state index >= 15 is 0 Å². The van der Waals surface area contributed by atoms with Gasteiger partial charge in [0, 0.05) is 13.0 Å². The number of aryl methyl sites for hydroxylation is 1. The molecule has 0 fully saturated rings. The number of hydrogen-bond acceptors (Lipinski definition) is 5. The van der Waals surface area contributed by atoms with E-state index in [2.05, 4.69) is 31.1 Å². The molecule has 0 spiro atoms. The Morgan fingerprint density at radius 2 is 2.15 bits per heavy atom. The molecule has 4 rings (SSSR count). The SMILES string of the molecule is c1ccc2sc(CNc3nnc4n3CCCC4)nc2c1. The maximum absolute atomic E-state index is 4.62. The molecule has 1 aromatic carbocycles. The van der Waals surface area contributed by atoms with E-state index in [0.29, 0.717) is 6.54 Å². The van der Waals surface area contributed by atoms with Gasteiger partial charge in [0.05, 0.1) is 16.8 Å². The Morgan fingerprint density at radius 3 is 3.10 bits per heavy atom. The first-order chi connectivity index (χ1) is 9.90. The Morgan fingerprint density at radius 1 is 1.20 bits per heavy atom. The minimum Gasteiger partial charge on any atom is -0.348 e. The van der Waals surface area contributed by atoms with Crippen molar-refractivity contribution in [3.8, 4) is 0 Å². The summed E-state index contributed by atoms with van der Waals surface area (Å²) in [5.74, 6) is 1.97. The number of fused-ring (bicyclic) bond motifs is 2. The van der Waals surface area contributed by atoms with Crippen molar-refractivity contribution in [2.24, 2.45) is 0 Å². The lowest BCUT2D eigenvalue weighted by Gasteiger charge is -2.14. The maximum Gasteiger partial charge on any atom is 0.224 e. The topological polar surface area (TPSA) is 55.6 Å². The second-order valence-electron chi connectivity index (χ2n) is 4.98. The van der Waals surface area contributed by atoms with Gasteiger partial charge in [-0.15, -0.1) is 21.5 Å². The summed E-state index contributed by atoms with van der Waals surface area (Å²) >= 11 is 1.73. The number of aromatic nitrogens is 4. The minimum absolute atomic E-state index is 0.706. The van der Waals surface area contributed by atoms with Gasteiger partial charge in [0.2, 0.25) is 5.95 Å². The van der Waals surface area contributed by atoms with Crippen molar-refractivity contribution < 1.29 is 0 Å². The van der Waals surface area contributed by atoms with E-state index in [0.717, 1.165) is 35.3 Å². The standard InChI is InChI=1S/C14H15N5S/c1-2-6-11-10(5-1)16-13(20-11)9-15-14-18-17-12-7-3-4-8-19(12)14/h1-2,5-6H,3-4,7-9H2,(H,15,18). The molecule has 3 aromatic rings. The lowest BCUT2D eigenvalue weighted by molar-refractivity contribution is 0.525. The van der Waals surface area contributed by atoms with Crippen LogP contribution in [0.4, 0.5) is 5.95 Å². The molecule has 5 nitrogen and oxygen atoms in total. The number of nitrogens with one attached hydrogen (secondary N) is 1. The highest BCUT2D eigenvalue weighted by atomic mass is 32.1. The molecule has 0 amide bonds. The molecule has 1 aliphatic rings. The number of para-hydroxylation sites is 1. The van der Waals surface area contributed by atoms with Crippen LogP contribution in [0.25, 0.3) is 10.2 Å². The number of anilines is 1. The first kappa shape index (κ1) is 11.8. The molecule has 20 heavy (non-hydrogen) atoms. The second kappa shape index (κ2) is 4.86. The fourth-order valence-corrected chi connectivity index (χ4v) is 3.50. The fourth-order valence-electron chi connectivity index (χ4n) is 2.59. The number of nitrogens with zero attached hydrogens (tertiary/aromatic N) is 4. The van der Waals surface area contributed by atoms with Crippen LogP contribution in [0, 0.1) is 0 Å². The molecule has 0 bridgehead atoms. The molecule has 0 aliphatic carbocycles. The number of hydrogen-bond donors (Lipinski definition) is 1. The van der Waals surface area contributed by atoms with E-state index in [4.69, 9.17) is 0 Å². The van der Waals surface area contributed by atoms with Crippen molar-refractivity contribution >= 4 is 27.5 Å². The highest BCUT2D eigenvalue weighted by molar-refractivity contribution is 7.18. The molecule has 6 heteroatoms. The molecule has 2 aromatic heterocycles. The molecule has 0 saturated carbocycles. The third-order valence-electron chi connectivity index (χ3n) is 3.60. The highest BCUT2D eigenvalue weighted by Crippen LogP contribution is 2.23. The molecular weight excluding hydrogens is 270 g/mol. The Kier molecular flexibility index (Phi) is 2.88. The average Bonchev–Trinajstić information content (AvgIpc) is 3.08. The first-order valence-corrected chi connectivity index (χ1v) is 7.72. The number of benzene rings is 1. The van der Waals surface area contributed by atoms with Gasteiger partial charge in [-0.2, -0.15) is 0 Å². The molecule has 0 saturated heterocycles. The lowest BCUT2D eigenvalue weighted by atomic mass is 10.2. The zero-order valence-corrected chi connectivity index (χ0v) is 11.9. The van der Waals surface area contributed by atoms with E-state index in [1.165, 1.54) is 17.5 Å². The number of rotatable bonds is 3. The van der Waals surface area contributed by atoms with Crippen molar-refractivity contribution in [2.45, 2.75) is 32.4 Å². The summed E-state index contributed by atoms with van der Waals surface area (Å²) in [5.41, 5.74) is 1.07. The van der Waals surface area contributed by atoms with Crippen LogP contribution in [-0.2, 0) is 19.5 Å². The molecule has 0 unspecified atom stereocenters. The summed E-state index contributed by atoms with van der Waals surface area (Å²) in [6, 6.07) is 8.23. The van der Waals surface area contributed by atoms with Crippen LogP contribution in [0.2, 0.25) is 0 Å². The van der Waals surface area contributed by atoms with Crippen molar-refractivity contribution in [1.82, 2.24) is 19.7 Å². The summed E-state index contributed by atoms with van der Waals surface area (Å²) in [7, 11) is 0. The van der Waals surface area contributed by atoms with Crippen molar-refractivity contribution in [3.05, 3.63) is 35.1 Å². The van der Waals surface area contributed by atoms with Crippen molar-refractivity contribution in [1.29, 1.82) is 0 Å². The summed E-state index contributed by atoms with van der Waals surface area (Å²) in [6.45, 7) is 1.72. The van der Waals surface area contributed by atoms with Gasteiger partial charge < -0.3 is 5.32 Å². The van der Waals surface area contributed by atoms with E-state index in [-0.39, 0.29) is 0 Å². The molecule has 3 heterocycles. The third kappa shape index (κ3) is 2.06. The van der Waals surface area contributed by atoms with Crippen LogP contribution in [0.3, 0.4) is 0 Å². The van der Waals surface area contributed by atoms with Crippen molar-refractivity contribution in [3.63, 3.8) is 0 Å². The van der Waals surface area contributed by atoms with Crippen LogP contribution < -0.4 is 5.32 Å². The van der Waals surface area contributed by atoms with Crippen LogP contribution in [0.15, 0.2) is 24.3 Å². The van der Waals surface area contributed by atoms with Gasteiger partial charge in [0.25, 0.3) is 0 Å². The summed E-state index contributed by atoms with van der Waals surface area (Å²) in [5, 5.41) is 12.9. The third-order valence-corrected chi connectivity index (χ3v) is 4.63. The molecule has 0 radical (unpaired) electrons. The Hall–Kier alpha value is -1.95. The van der Waals surface area contributed by atoms with Gasteiger partial charge in [0.1, 0.15) is 10.8 Å². The fraction of sp³-hybridized carbons (Fsp3) is 0.357. The highest BCUT2D eigenvalue weighted by Gasteiger charge is 2.15. The zero-order valence-electron chi connectivity index (χ0n) is 11.0. The molecule has 1 aliphatic heterocycles. The minimum atomic E-state index is 0.706. The van der Waals surface area contributed by atoms with Gasteiger partial charge >= 0.3 is 0 Å². The Bertz CT molecular complexity index is 712. The van der Waals surface area contributed by atoms with Crippen molar-refractivity contribution in [2.75, 3.05) is 5.32 Å². The van der Waals surface area contributed by atoms with Crippen LogP contribution in [0.5, 0.6) is 0 Å². The molecule has 1 N–H and O–H groups in total. The van der Waals surface area contributed by atoms with E-state index < -0.39 is 0 Å². The first-order valence-electron chi connectivity index (χ1n) is 6.90. The van der Waals surface area contributed by atoms with E-state index in [9.17, 15) is 0 Å². The van der Waals surface area contributed by atoms with Crippen LogP contribution in [0.1, 0.15) is 23.7 Å². The van der Waals surface area contributed by atoms with Gasteiger partial charge in [-0.3, -0.25) is 4.57 Å². The van der Waals surface area contributed by atoms with Crippen LogP contribution in [-0.4, -0.2) is 19.7 Å². The molecule has 0 atom stereocenters. The Balaban J connectivity index is 1.54. The van der Waals surface area contributed by atoms with E-state index in [1.54, 1.807) is 11.3 Å². The average molecular weight is 285 g/mol. The van der Waals surface area contributed by atoms with Crippen LogP contribution >= 0.6 is 11.3 Å². The predicted molar refractivity (Wildman–Crippen MR) is 79.9 cm³/mol. The summed E-state index contributed by atoms with van der Waals surface area (Å²) in [6.07, 6.45) is 3.46. The summed E-state index contributed by atoms with van der Waals surface area (Å²) in [4.78, 5) is 4.62. The molecular formula is C14H15N5S. The largest absolute Gasteiger partial charge is 0.348 e. The second-order valence-corrected chi connectivity index (χ2v) is 6.09. The molecule has 102 valence electrons. The van der Waals surface area contributed by atoms with Gasteiger partial charge in [-0.05, 0) is 25.0 Å². The smallest absolute Gasteiger partial charge is 0.224 e. The predicted octanol–water partition coefficient (Wildman–Crippen LogP) is 2.84. The van der Waals surface area contributed by atoms with Gasteiger partial charge in [-0.1, -0.05) is 12.1 Å². The Labute approximate surface area is 120 Å².